The van der Waals surface area contributed by atoms with Crippen LogP contribution in [0.25, 0.3) is 0 Å². The summed E-state index contributed by atoms with van der Waals surface area (Å²) >= 11 is 0. The smallest absolute Gasteiger partial charge is 0.174 e. The molecular formula is C20H21N3O. The van der Waals surface area contributed by atoms with Gasteiger partial charge in [-0.15, -0.1) is 0 Å². The quantitative estimate of drug-likeness (QED) is 0.737. The maximum Gasteiger partial charge on any atom is 0.174 e. The molecule has 1 heterocycles. The van der Waals surface area contributed by atoms with Crippen molar-refractivity contribution in [2.45, 2.75) is 26.3 Å². The zero-order valence-electron chi connectivity index (χ0n) is 14.2. The normalized spacial score (nSPS) is 12.1. The van der Waals surface area contributed by atoms with Gasteiger partial charge in [0.1, 0.15) is 12.7 Å². The molecule has 0 aliphatic heterocycles. The number of carbonyl (C=O) groups is 1. The van der Waals surface area contributed by atoms with E-state index in [0.717, 1.165) is 11.1 Å². The highest BCUT2D eigenvalue weighted by Crippen LogP contribution is 2.39. The molecule has 122 valence electrons. The second kappa shape index (κ2) is 6.04. The molecule has 1 aromatic heterocycles. The van der Waals surface area contributed by atoms with Gasteiger partial charge in [-0.3, -0.25) is 4.79 Å². The number of carbonyl (C=O) groups excluding carboxylic acids is 1. The summed E-state index contributed by atoms with van der Waals surface area (Å²) in [5.74, 6) is 0.0675. The van der Waals surface area contributed by atoms with Gasteiger partial charge < -0.3 is 0 Å². The Labute approximate surface area is 142 Å². The second-order valence-electron chi connectivity index (χ2n) is 6.86. The molecule has 0 spiro atoms. The lowest BCUT2D eigenvalue weighted by Gasteiger charge is -2.38. The lowest BCUT2D eigenvalue weighted by atomic mass is 9.70. The first-order valence-corrected chi connectivity index (χ1v) is 7.98. The van der Waals surface area contributed by atoms with Gasteiger partial charge in [-0.1, -0.05) is 81.4 Å². The highest BCUT2D eigenvalue weighted by Gasteiger charge is 2.48. The van der Waals surface area contributed by atoms with E-state index in [1.54, 1.807) is 11.0 Å². The Hall–Kier alpha value is -2.75. The number of nitrogens with zero attached hydrogens (tertiary/aromatic N) is 3. The third-order valence-electron chi connectivity index (χ3n) is 4.16. The molecule has 0 radical (unpaired) electrons. The van der Waals surface area contributed by atoms with Crippen LogP contribution in [0.15, 0.2) is 73.3 Å². The fourth-order valence-corrected chi connectivity index (χ4v) is 3.08. The summed E-state index contributed by atoms with van der Waals surface area (Å²) in [6.45, 7) is 5.81. The van der Waals surface area contributed by atoms with E-state index in [9.17, 15) is 4.79 Å². The molecule has 4 heteroatoms. The van der Waals surface area contributed by atoms with Gasteiger partial charge in [0.25, 0.3) is 0 Å². The lowest BCUT2D eigenvalue weighted by molar-refractivity contribution is -0.132. The van der Waals surface area contributed by atoms with Crippen LogP contribution in [0.4, 0.5) is 0 Å². The molecule has 0 saturated carbocycles. The van der Waals surface area contributed by atoms with E-state index in [4.69, 9.17) is 0 Å². The van der Waals surface area contributed by atoms with Crippen molar-refractivity contribution in [1.82, 2.24) is 14.8 Å². The second-order valence-corrected chi connectivity index (χ2v) is 6.86. The maximum atomic E-state index is 13.7. The van der Waals surface area contributed by atoms with Crippen molar-refractivity contribution in [2.75, 3.05) is 0 Å². The molecule has 0 aliphatic rings. The van der Waals surface area contributed by atoms with Gasteiger partial charge >= 0.3 is 0 Å². The maximum absolute atomic E-state index is 13.7. The fourth-order valence-electron chi connectivity index (χ4n) is 3.08. The van der Waals surface area contributed by atoms with Gasteiger partial charge in [0, 0.05) is 5.41 Å². The number of aromatic nitrogens is 3. The van der Waals surface area contributed by atoms with E-state index in [1.165, 1.54) is 6.33 Å². The molecular weight excluding hydrogens is 298 g/mol. The summed E-state index contributed by atoms with van der Waals surface area (Å²) in [7, 11) is 0. The third-order valence-corrected chi connectivity index (χ3v) is 4.16. The van der Waals surface area contributed by atoms with Crippen LogP contribution in [0, 0.1) is 5.41 Å². The molecule has 3 rings (SSSR count). The average Bonchev–Trinajstić information content (AvgIpc) is 3.11. The summed E-state index contributed by atoms with van der Waals surface area (Å²) in [5.41, 5.74) is 0.151. The molecule has 0 saturated heterocycles. The Kier molecular flexibility index (Phi) is 4.06. The summed E-state index contributed by atoms with van der Waals surface area (Å²) in [6.07, 6.45) is 3.08. The monoisotopic (exact) mass is 319 g/mol. The lowest BCUT2D eigenvalue weighted by Crippen LogP contribution is -2.49. The number of Topliss-reactive ketones (excluding diaryl/α,β-unsaturated/α-hetero) is 1. The van der Waals surface area contributed by atoms with Crippen LogP contribution in [-0.4, -0.2) is 20.5 Å². The van der Waals surface area contributed by atoms with E-state index >= 15 is 0 Å². The molecule has 0 unspecified atom stereocenters. The molecule has 0 amide bonds. The van der Waals surface area contributed by atoms with Crippen molar-refractivity contribution in [3.8, 4) is 0 Å². The Balaban J connectivity index is 2.40. The Morgan fingerprint density at radius 1 is 0.875 bits per heavy atom. The molecule has 0 bridgehead atoms. The number of benzene rings is 2. The SMILES string of the molecule is CC(C)(C)C(=O)C(c1ccccc1)(c1ccccc1)n1cncn1. The van der Waals surface area contributed by atoms with Crippen LogP contribution in [0.1, 0.15) is 31.9 Å². The first-order chi connectivity index (χ1) is 11.5. The van der Waals surface area contributed by atoms with Crippen LogP contribution in [0.5, 0.6) is 0 Å². The van der Waals surface area contributed by atoms with Crippen LogP contribution in [0.3, 0.4) is 0 Å². The molecule has 3 aromatic rings. The highest BCUT2D eigenvalue weighted by molar-refractivity contribution is 5.97. The number of ketones is 1. The van der Waals surface area contributed by atoms with Crippen LogP contribution < -0.4 is 0 Å². The summed E-state index contributed by atoms with van der Waals surface area (Å²) in [6, 6.07) is 19.6. The summed E-state index contributed by atoms with van der Waals surface area (Å²) in [5, 5.41) is 4.36. The van der Waals surface area contributed by atoms with Gasteiger partial charge in [0.05, 0.1) is 0 Å². The van der Waals surface area contributed by atoms with Crippen molar-refractivity contribution in [3.63, 3.8) is 0 Å². The fraction of sp³-hybridized carbons (Fsp3) is 0.250. The van der Waals surface area contributed by atoms with E-state index in [0.29, 0.717) is 0 Å². The third kappa shape index (κ3) is 2.54. The Morgan fingerprint density at radius 3 is 1.75 bits per heavy atom. The van der Waals surface area contributed by atoms with Crippen LogP contribution in [-0.2, 0) is 10.3 Å². The predicted molar refractivity (Wildman–Crippen MR) is 93.5 cm³/mol. The molecule has 24 heavy (non-hydrogen) atoms. The highest BCUT2D eigenvalue weighted by atomic mass is 16.1. The molecule has 0 N–H and O–H groups in total. The van der Waals surface area contributed by atoms with Crippen molar-refractivity contribution >= 4 is 5.78 Å². The Morgan fingerprint density at radius 2 is 1.38 bits per heavy atom. The zero-order chi connectivity index (χ0) is 17.2. The van der Waals surface area contributed by atoms with Gasteiger partial charge in [0.2, 0.25) is 0 Å². The molecule has 0 atom stereocenters. The van der Waals surface area contributed by atoms with Crippen molar-refractivity contribution in [1.29, 1.82) is 0 Å². The summed E-state index contributed by atoms with van der Waals surface area (Å²) < 4.78 is 1.67. The average molecular weight is 319 g/mol. The predicted octanol–water partition coefficient (Wildman–Crippen LogP) is 3.69. The van der Waals surface area contributed by atoms with E-state index < -0.39 is 11.0 Å². The van der Waals surface area contributed by atoms with Gasteiger partial charge in [-0.05, 0) is 11.1 Å². The van der Waals surface area contributed by atoms with Crippen molar-refractivity contribution in [3.05, 3.63) is 84.4 Å². The van der Waals surface area contributed by atoms with E-state index in [-0.39, 0.29) is 5.78 Å². The van der Waals surface area contributed by atoms with Crippen LogP contribution in [0.2, 0.25) is 0 Å². The van der Waals surface area contributed by atoms with Crippen molar-refractivity contribution < 1.29 is 4.79 Å². The molecule has 0 aliphatic carbocycles. The first-order valence-electron chi connectivity index (χ1n) is 7.98. The molecule has 4 nitrogen and oxygen atoms in total. The summed E-state index contributed by atoms with van der Waals surface area (Å²) in [4.78, 5) is 17.8. The minimum absolute atomic E-state index is 0.0675. The van der Waals surface area contributed by atoms with E-state index in [1.807, 2.05) is 81.4 Å². The van der Waals surface area contributed by atoms with Gasteiger partial charge in [0.15, 0.2) is 11.3 Å². The topological polar surface area (TPSA) is 47.8 Å². The van der Waals surface area contributed by atoms with Crippen molar-refractivity contribution in [2.24, 2.45) is 5.41 Å². The van der Waals surface area contributed by atoms with Gasteiger partial charge in [-0.2, -0.15) is 5.10 Å². The largest absolute Gasteiger partial charge is 0.296 e. The number of hydrogen-bond donors (Lipinski definition) is 0. The Bertz CT molecular complexity index is 764. The van der Waals surface area contributed by atoms with E-state index in [2.05, 4.69) is 10.1 Å². The number of hydrogen-bond acceptors (Lipinski definition) is 3. The first kappa shape index (κ1) is 16.1. The minimum Gasteiger partial charge on any atom is -0.296 e. The molecule has 0 fully saturated rings. The zero-order valence-corrected chi connectivity index (χ0v) is 14.2. The minimum atomic E-state index is -1.04. The standard InChI is InChI=1S/C20H21N3O/c1-19(2,3)18(24)20(23-15-21-14-22-23,16-10-6-4-7-11-16)17-12-8-5-9-13-17/h4-15H,1-3H3. The van der Waals surface area contributed by atoms with Crippen LogP contribution >= 0.6 is 0 Å². The van der Waals surface area contributed by atoms with Gasteiger partial charge in [-0.25, -0.2) is 9.67 Å². The molecule has 2 aromatic carbocycles. The number of rotatable bonds is 4.